The van der Waals surface area contributed by atoms with Crippen LogP contribution in [0.2, 0.25) is 5.02 Å². The lowest BCUT2D eigenvalue weighted by molar-refractivity contribution is 0.0647. The van der Waals surface area contributed by atoms with Gasteiger partial charge in [0.05, 0.1) is 0 Å². The highest BCUT2D eigenvalue weighted by atomic mass is 35.5. The van der Waals surface area contributed by atoms with Gasteiger partial charge in [-0.05, 0) is 24.6 Å². The van der Waals surface area contributed by atoms with Crippen LogP contribution >= 0.6 is 11.6 Å². The summed E-state index contributed by atoms with van der Waals surface area (Å²) in [6.07, 6.45) is 0. The second-order valence-electron chi connectivity index (χ2n) is 2.66. The molecule has 0 aliphatic carbocycles. The van der Waals surface area contributed by atoms with Crippen molar-refractivity contribution in [1.29, 1.82) is 0 Å². The average Bonchev–Trinajstić information content (AvgIpc) is 1.86. The first-order chi connectivity index (χ1) is 5.00. The Morgan fingerprint density at radius 2 is 2.18 bits per heavy atom. The highest BCUT2D eigenvalue weighted by Gasteiger charge is 2.15. The van der Waals surface area contributed by atoms with Gasteiger partial charge in [0.1, 0.15) is 5.72 Å². The summed E-state index contributed by atoms with van der Waals surface area (Å²) in [5, 5.41) is 9.91. The van der Waals surface area contributed by atoms with E-state index in [4.69, 9.17) is 17.3 Å². The van der Waals surface area contributed by atoms with Gasteiger partial charge in [0.25, 0.3) is 0 Å². The third-order valence-electron chi connectivity index (χ3n) is 1.41. The maximum absolute atomic E-state index is 9.33. The van der Waals surface area contributed by atoms with Gasteiger partial charge in [-0.3, -0.25) is 0 Å². The van der Waals surface area contributed by atoms with Crippen molar-refractivity contribution in [3.63, 3.8) is 0 Å². The van der Waals surface area contributed by atoms with Crippen LogP contribution in [0.5, 0.6) is 0 Å². The van der Waals surface area contributed by atoms with Gasteiger partial charge in [-0.15, -0.1) is 0 Å². The van der Waals surface area contributed by atoms with Crippen molar-refractivity contribution in [3.8, 4) is 0 Å². The molecule has 1 aromatic carbocycles. The second kappa shape index (κ2) is 2.81. The zero-order valence-corrected chi connectivity index (χ0v) is 6.97. The third-order valence-corrected chi connectivity index (χ3v) is 1.64. The lowest BCUT2D eigenvalue weighted by Crippen LogP contribution is -2.32. The van der Waals surface area contributed by atoms with E-state index in [0.717, 1.165) is 0 Å². The molecule has 0 heterocycles. The molecule has 60 valence electrons. The van der Waals surface area contributed by atoms with Crippen LogP contribution in [0.3, 0.4) is 0 Å². The molecule has 0 fully saturated rings. The molecule has 0 spiro atoms. The van der Waals surface area contributed by atoms with Crippen molar-refractivity contribution in [2.75, 3.05) is 0 Å². The minimum atomic E-state index is -1.30. The molecule has 0 aliphatic rings. The topological polar surface area (TPSA) is 46.2 Å². The number of nitrogens with two attached hydrogens (primary N) is 1. The summed E-state index contributed by atoms with van der Waals surface area (Å²) < 4.78 is 0. The molecule has 0 unspecified atom stereocenters. The summed E-state index contributed by atoms with van der Waals surface area (Å²) in [4.78, 5) is 0. The normalized spacial score (nSPS) is 16.0. The fraction of sp³-hybridized carbons (Fsp3) is 0.250. The minimum Gasteiger partial charge on any atom is -0.372 e. The maximum atomic E-state index is 9.33. The standard InChI is InChI=1S/C8H10ClNO/c1-8(10,11)6-3-2-4-7(9)5-6/h2-5,11H,10H2,1H3/t8-/m0/s1. The Kier molecular flexibility index (Phi) is 2.18. The Bertz CT molecular complexity index is 255. The first kappa shape index (κ1) is 8.53. The largest absolute Gasteiger partial charge is 0.372 e. The molecule has 2 nitrogen and oxygen atoms in total. The van der Waals surface area contributed by atoms with Crippen LogP contribution in [0.25, 0.3) is 0 Å². The van der Waals surface area contributed by atoms with Crippen molar-refractivity contribution in [2.24, 2.45) is 5.73 Å². The quantitative estimate of drug-likeness (QED) is 0.629. The number of benzene rings is 1. The molecule has 0 amide bonds. The number of rotatable bonds is 1. The highest BCUT2D eigenvalue weighted by molar-refractivity contribution is 6.30. The Hall–Kier alpha value is -0.570. The van der Waals surface area contributed by atoms with Gasteiger partial charge in [-0.2, -0.15) is 0 Å². The lowest BCUT2D eigenvalue weighted by Gasteiger charge is -2.17. The molecule has 0 radical (unpaired) electrons. The van der Waals surface area contributed by atoms with Gasteiger partial charge < -0.3 is 10.8 Å². The first-order valence-electron chi connectivity index (χ1n) is 3.27. The van der Waals surface area contributed by atoms with E-state index < -0.39 is 5.72 Å². The molecule has 1 aromatic rings. The Morgan fingerprint density at radius 3 is 2.55 bits per heavy atom. The van der Waals surface area contributed by atoms with Crippen LogP contribution in [-0.4, -0.2) is 5.11 Å². The van der Waals surface area contributed by atoms with E-state index in [0.29, 0.717) is 10.6 Å². The monoisotopic (exact) mass is 171 g/mol. The van der Waals surface area contributed by atoms with Crippen molar-refractivity contribution in [2.45, 2.75) is 12.6 Å². The van der Waals surface area contributed by atoms with Gasteiger partial charge >= 0.3 is 0 Å². The Labute approximate surface area is 70.6 Å². The van der Waals surface area contributed by atoms with E-state index >= 15 is 0 Å². The molecule has 0 bridgehead atoms. The summed E-state index contributed by atoms with van der Waals surface area (Å²) >= 11 is 5.68. The fourth-order valence-electron chi connectivity index (χ4n) is 0.803. The molecular formula is C8H10ClNO. The molecule has 1 atom stereocenters. The summed E-state index contributed by atoms with van der Waals surface area (Å²) in [6, 6.07) is 6.85. The number of halogens is 1. The SMILES string of the molecule is C[C@](N)(O)c1cccc(Cl)c1. The molecule has 0 saturated carbocycles. The van der Waals surface area contributed by atoms with Crippen molar-refractivity contribution < 1.29 is 5.11 Å². The van der Waals surface area contributed by atoms with E-state index in [2.05, 4.69) is 0 Å². The second-order valence-corrected chi connectivity index (χ2v) is 3.09. The van der Waals surface area contributed by atoms with Crippen LogP contribution in [-0.2, 0) is 5.72 Å². The molecule has 3 heteroatoms. The van der Waals surface area contributed by atoms with Gasteiger partial charge in [-0.25, -0.2) is 0 Å². The first-order valence-corrected chi connectivity index (χ1v) is 3.65. The Balaban J connectivity index is 3.06. The van der Waals surface area contributed by atoms with E-state index in [-0.39, 0.29) is 0 Å². The van der Waals surface area contributed by atoms with E-state index in [1.807, 2.05) is 0 Å². The number of aliphatic hydroxyl groups is 1. The van der Waals surface area contributed by atoms with Crippen LogP contribution in [0, 0.1) is 0 Å². The van der Waals surface area contributed by atoms with Crippen molar-refractivity contribution in [3.05, 3.63) is 34.9 Å². The summed E-state index contributed by atoms with van der Waals surface area (Å²) in [7, 11) is 0. The number of hydrogen-bond acceptors (Lipinski definition) is 2. The summed E-state index contributed by atoms with van der Waals surface area (Å²) in [5.41, 5.74) is 4.74. The van der Waals surface area contributed by atoms with E-state index in [9.17, 15) is 5.11 Å². The third kappa shape index (κ3) is 2.19. The molecule has 11 heavy (non-hydrogen) atoms. The van der Waals surface area contributed by atoms with Gasteiger partial charge in [0.15, 0.2) is 0 Å². The number of hydrogen-bond donors (Lipinski definition) is 2. The Morgan fingerprint density at radius 1 is 1.55 bits per heavy atom. The van der Waals surface area contributed by atoms with Crippen molar-refractivity contribution >= 4 is 11.6 Å². The minimum absolute atomic E-state index is 0.577. The highest BCUT2D eigenvalue weighted by Crippen LogP contribution is 2.18. The van der Waals surface area contributed by atoms with Gasteiger partial charge in [0, 0.05) is 5.02 Å². The summed E-state index contributed by atoms with van der Waals surface area (Å²) in [5.74, 6) is 0. The fourth-order valence-corrected chi connectivity index (χ4v) is 0.994. The lowest BCUT2D eigenvalue weighted by atomic mass is 10.1. The molecule has 0 saturated heterocycles. The maximum Gasteiger partial charge on any atom is 0.136 e. The van der Waals surface area contributed by atoms with Crippen LogP contribution in [0.4, 0.5) is 0 Å². The molecule has 3 N–H and O–H groups in total. The predicted molar refractivity (Wildman–Crippen MR) is 45.2 cm³/mol. The van der Waals surface area contributed by atoms with Crippen LogP contribution in [0.15, 0.2) is 24.3 Å². The summed E-state index contributed by atoms with van der Waals surface area (Å²) in [6.45, 7) is 1.51. The van der Waals surface area contributed by atoms with Crippen LogP contribution in [0.1, 0.15) is 12.5 Å². The smallest absolute Gasteiger partial charge is 0.136 e. The van der Waals surface area contributed by atoms with E-state index in [1.165, 1.54) is 6.92 Å². The molecule has 0 aromatic heterocycles. The van der Waals surface area contributed by atoms with Gasteiger partial charge in [0.2, 0.25) is 0 Å². The van der Waals surface area contributed by atoms with Gasteiger partial charge in [-0.1, -0.05) is 23.7 Å². The van der Waals surface area contributed by atoms with E-state index in [1.54, 1.807) is 24.3 Å². The zero-order chi connectivity index (χ0) is 8.48. The van der Waals surface area contributed by atoms with Crippen molar-refractivity contribution in [1.82, 2.24) is 0 Å². The molecular weight excluding hydrogens is 162 g/mol. The average molecular weight is 172 g/mol. The molecule has 0 aliphatic heterocycles. The molecule has 1 rings (SSSR count). The predicted octanol–water partition coefficient (Wildman–Crippen LogP) is 1.46. The zero-order valence-electron chi connectivity index (χ0n) is 6.21. The van der Waals surface area contributed by atoms with Crippen LogP contribution < -0.4 is 5.73 Å².